The molecule has 1 aromatic carbocycles. The molecule has 0 heterocycles. The molecule has 0 aliphatic heterocycles. The first-order chi connectivity index (χ1) is 7.63. The van der Waals surface area contributed by atoms with Gasteiger partial charge in [-0.3, -0.25) is 0 Å². The van der Waals surface area contributed by atoms with E-state index in [1.165, 1.54) is 11.1 Å². The van der Waals surface area contributed by atoms with Crippen molar-refractivity contribution in [3.05, 3.63) is 34.3 Å². The number of nitrogens with one attached hydrogen (secondary N) is 1. The Labute approximate surface area is 103 Å². The lowest BCUT2D eigenvalue weighted by molar-refractivity contribution is 0.260. The van der Waals surface area contributed by atoms with E-state index in [-0.39, 0.29) is 6.61 Å². The van der Waals surface area contributed by atoms with Crippen molar-refractivity contribution in [3.63, 3.8) is 0 Å². The van der Waals surface area contributed by atoms with E-state index in [2.05, 4.69) is 25.2 Å². The predicted molar refractivity (Wildman–Crippen MR) is 68.8 cm³/mol. The van der Waals surface area contributed by atoms with Crippen LogP contribution in [0.15, 0.2) is 18.2 Å². The van der Waals surface area contributed by atoms with Crippen LogP contribution in [0.5, 0.6) is 0 Å². The maximum Gasteiger partial charge on any atom is 0.0434 e. The van der Waals surface area contributed by atoms with E-state index in [0.29, 0.717) is 5.92 Å². The highest BCUT2D eigenvalue weighted by Crippen LogP contribution is 2.15. The Morgan fingerprint density at radius 2 is 2.19 bits per heavy atom. The molecule has 0 spiro atoms. The van der Waals surface area contributed by atoms with Crippen LogP contribution in [0.2, 0.25) is 5.02 Å². The quantitative estimate of drug-likeness (QED) is 0.803. The molecule has 0 saturated heterocycles. The summed E-state index contributed by atoms with van der Waals surface area (Å²) in [6.45, 7) is 6.27. The molecule has 1 rings (SSSR count). The molecule has 1 unspecified atom stereocenters. The van der Waals surface area contributed by atoms with Gasteiger partial charge in [-0.15, -0.1) is 0 Å². The van der Waals surface area contributed by atoms with Gasteiger partial charge in [0.15, 0.2) is 0 Å². The zero-order valence-electron chi connectivity index (χ0n) is 9.96. The van der Waals surface area contributed by atoms with Gasteiger partial charge >= 0.3 is 0 Å². The monoisotopic (exact) mass is 241 g/mol. The Morgan fingerprint density at radius 1 is 1.44 bits per heavy atom. The highest BCUT2D eigenvalue weighted by Gasteiger charge is 2.02. The van der Waals surface area contributed by atoms with Crippen molar-refractivity contribution in [1.82, 2.24) is 5.32 Å². The van der Waals surface area contributed by atoms with Crippen LogP contribution in [0, 0.1) is 12.8 Å². The number of aliphatic hydroxyl groups is 1. The molecule has 0 amide bonds. The van der Waals surface area contributed by atoms with Crippen molar-refractivity contribution < 1.29 is 5.11 Å². The van der Waals surface area contributed by atoms with Crippen molar-refractivity contribution in [3.8, 4) is 0 Å². The second-order valence-electron chi connectivity index (χ2n) is 4.32. The van der Waals surface area contributed by atoms with E-state index in [9.17, 15) is 0 Å². The molecule has 0 bridgehead atoms. The molecule has 2 nitrogen and oxygen atoms in total. The molecule has 0 saturated carbocycles. The minimum atomic E-state index is 0.267. The summed E-state index contributed by atoms with van der Waals surface area (Å²) in [7, 11) is 0. The van der Waals surface area contributed by atoms with E-state index in [0.717, 1.165) is 24.5 Å². The molecule has 0 aliphatic rings. The van der Waals surface area contributed by atoms with Crippen LogP contribution >= 0.6 is 11.6 Å². The first kappa shape index (κ1) is 13.5. The van der Waals surface area contributed by atoms with E-state index in [4.69, 9.17) is 16.7 Å². The third-order valence-electron chi connectivity index (χ3n) is 2.73. The largest absolute Gasteiger partial charge is 0.396 e. The molecule has 1 atom stereocenters. The van der Waals surface area contributed by atoms with Crippen molar-refractivity contribution in [1.29, 1.82) is 0 Å². The lowest BCUT2D eigenvalue weighted by Crippen LogP contribution is -2.21. The smallest absolute Gasteiger partial charge is 0.0434 e. The van der Waals surface area contributed by atoms with Gasteiger partial charge in [0.2, 0.25) is 0 Å². The number of aryl methyl sites for hydroxylation is 1. The summed E-state index contributed by atoms with van der Waals surface area (Å²) >= 11 is 5.89. The summed E-state index contributed by atoms with van der Waals surface area (Å²) in [4.78, 5) is 0. The number of rotatable bonds is 6. The molecule has 0 aromatic heterocycles. The third kappa shape index (κ3) is 4.52. The standard InChI is InChI=1S/C13H20ClNO/c1-10(5-6-16)8-15-9-12-3-4-13(14)7-11(12)2/h3-4,7,10,15-16H,5-6,8-9H2,1-2H3. The normalized spacial score (nSPS) is 12.8. The summed E-state index contributed by atoms with van der Waals surface area (Å²) in [5.74, 6) is 0.512. The average Bonchev–Trinajstić information content (AvgIpc) is 2.22. The zero-order chi connectivity index (χ0) is 12.0. The van der Waals surface area contributed by atoms with Crippen molar-refractivity contribution in [2.24, 2.45) is 5.92 Å². The lowest BCUT2D eigenvalue weighted by Gasteiger charge is -2.12. The van der Waals surface area contributed by atoms with Crippen LogP contribution in [0.3, 0.4) is 0 Å². The van der Waals surface area contributed by atoms with Crippen LogP contribution in [0.25, 0.3) is 0 Å². The number of halogens is 1. The Balaban J connectivity index is 2.37. The van der Waals surface area contributed by atoms with Crippen molar-refractivity contribution >= 4 is 11.6 Å². The van der Waals surface area contributed by atoms with Gasteiger partial charge in [0.1, 0.15) is 0 Å². The highest BCUT2D eigenvalue weighted by molar-refractivity contribution is 6.30. The molecule has 90 valence electrons. The fourth-order valence-electron chi connectivity index (χ4n) is 1.63. The van der Waals surface area contributed by atoms with E-state index >= 15 is 0 Å². The fourth-order valence-corrected chi connectivity index (χ4v) is 1.86. The van der Waals surface area contributed by atoms with Gasteiger partial charge in [0.25, 0.3) is 0 Å². The SMILES string of the molecule is Cc1cc(Cl)ccc1CNCC(C)CCO. The fraction of sp³-hybridized carbons (Fsp3) is 0.538. The van der Waals surface area contributed by atoms with Crippen LogP contribution in [-0.4, -0.2) is 18.3 Å². The topological polar surface area (TPSA) is 32.3 Å². The molecule has 1 aromatic rings. The molecule has 0 fully saturated rings. The van der Waals surface area contributed by atoms with Crippen LogP contribution in [0.4, 0.5) is 0 Å². The predicted octanol–water partition coefficient (Wildman–Crippen LogP) is 2.76. The summed E-state index contributed by atoms with van der Waals surface area (Å²) in [5, 5.41) is 13.0. The Morgan fingerprint density at radius 3 is 2.81 bits per heavy atom. The summed E-state index contributed by atoms with van der Waals surface area (Å²) in [6.07, 6.45) is 0.854. The van der Waals surface area contributed by atoms with E-state index in [1.54, 1.807) is 0 Å². The minimum absolute atomic E-state index is 0.267. The van der Waals surface area contributed by atoms with Crippen LogP contribution < -0.4 is 5.32 Å². The summed E-state index contributed by atoms with van der Waals surface area (Å²) < 4.78 is 0. The molecule has 3 heteroatoms. The molecular formula is C13H20ClNO. The lowest BCUT2D eigenvalue weighted by atomic mass is 10.1. The first-order valence-electron chi connectivity index (χ1n) is 5.70. The van der Waals surface area contributed by atoms with E-state index < -0.39 is 0 Å². The van der Waals surface area contributed by atoms with Gasteiger partial charge in [-0.25, -0.2) is 0 Å². The maximum absolute atomic E-state index is 8.79. The number of benzene rings is 1. The zero-order valence-corrected chi connectivity index (χ0v) is 10.7. The van der Waals surface area contributed by atoms with Crippen LogP contribution in [-0.2, 0) is 6.54 Å². The molecular weight excluding hydrogens is 222 g/mol. The van der Waals surface area contributed by atoms with Gasteiger partial charge < -0.3 is 10.4 Å². The van der Waals surface area contributed by atoms with Crippen molar-refractivity contribution in [2.75, 3.05) is 13.2 Å². The number of hydrogen-bond donors (Lipinski definition) is 2. The number of aliphatic hydroxyl groups excluding tert-OH is 1. The van der Waals surface area contributed by atoms with Gasteiger partial charge in [-0.1, -0.05) is 24.6 Å². The Kier molecular flexibility index (Phi) is 5.81. The second kappa shape index (κ2) is 6.89. The van der Waals surface area contributed by atoms with Crippen molar-refractivity contribution in [2.45, 2.75) is 26.8 Å². The van der Waals surface area contributed by atoms with Gasteiger partial charge in [-0.2, -0.15) is 0 Å². The molecule has 2 N–H and O–H groups in total. The Bertz CT molecular complexity index is 328. The van der Waals surface area contributed by atoms with Gasteiger partial charge in [0, 0.05) is 18.2 Å². The molecule has 16 heavy (non-hydrogen) atoms. The second-order valence-corrected chi connectivity index (χ2v) is 4.76. The highest BCUT2D eigenvalue weighted by atomic mass is 35.5. The molecule has 0 aliphatic carbocycles. The maximum atomic E-state index is 8.79. The van der Waals surface area contributed by atoms with Gasteiger partial charge in [0.05, 0.1) is 0 Å². The van der Waals surface area contributed by atoms with Gasteiger partial charge in [-0.05, 0) is 49.1 Å². The third-order valence-corrected chi connectivity index (χ3v) is 2.97. The molecule has 0 radical (unpaired) electrons. The summed E-state index contributed by atoms with van der Waals surface area (Å²) in [6, 6.07) is 5.96. The Hall–Kier alpha value is -0.570. The first-order valence-corrected chi connectivity index (χ1v) is 6.08. The van der Waals surface area contributed by atoms with E-state index in [1.807, 2.05) is 12.1 Å². The number of hydrogen-bond acceptors (Lipinski definition) is 2. The average molecular weight is 242 g/mol. The summed E-state index contributed by atoms with van der Waals surface area (Å²) in [5.41, 5.74) is 2.50. The minimum Gasteiger partial charge on any atom is -0.396 e. The van der Waals surface area contributed by atoms with Crippen LogP contribution in [0.1, 0.15) is 24.5 Å².